The first-order valence-corrected chi connectivity index (χ1v) is 28.1. The number of rotatable bonds is 6. The molecule has 0 bridgehead atoms. The summed E-state index contributed by atoms with van der Waals surface area (Å²) in [5.74, 6) is 2.99. The second kappa shape index (κ2) is 16.9. The molecule has 0 amide bonds. The van der Waals surface area contributed by atoms with E-state index < -0.39 is 0 Å². The molecule has 0 radical (unpaired) electrons. The molecule has 390 valence electrons. The van der Waals surface area contributed by atoms with E-state index in [9.17, 15) is 0 Å². The Morgan fingerprint density at radius 3 is 0.476 bits per heavy atom. The molecular formula is C72H42N12. The Labute approximate surface area is 476 Å². The Bertz CT molecular complexity index is 5180. The monoisotopic (exact) mass is 1070 g/mol. The Morgan fingerprint density at radius 1 is 0.143 bits per heavy atom. The van der Waals surface area contributed by atoms with Crippen molar-refractivity contribution in [1.82, 2.24) is 57.3 Å². The van der Waals surface area contributed by atoms with E-state index in [0.29, 0.717) is 35.7 Å². The Balaban J connectivity index is 0.916. The highest BCUT2D eigenvalue weighted by atomic mass is 15.3. The number of para-hydroxylation sites is 10. The molecule has 0 saturated heterocycles. The zero-order valence-corrected chi connectivity index (χ0v) is 44.6. The van der Waals surface area contributed by atoms with Crippen LogP contribution in [-0.2, 0) is 0 Å². The molecule has 0 N–H and O–H groups in total. The summed E-state index contributed by atoms with van der Waals surface area (Å²) in [7, 11) is 0. The topological polar surface area (TPSA) is 107 Å². The molecule has 19 aromatic rings. The molecule has 12 nitrogen and oxygen atoms in total. The van der Waals surface area contributed by atoms with Crippen molar-refractivity contribution in [3.05, 3.63) is 255 Å². The Morgan fingerprint density at radius 2 is 0.286 bits per heavy atom. The van der Waals surface area contributed by atoms with Crippen molar-refractivity contribution >= 4 is 131 Å². The van der Waals surface area contributed by atoms with Crippen molar-refractivity contribution in [3.63, 3.8) is 0 Å². The SMILES string of the molecule is c1ccc2c(c1)c1ccccc1n2-c1nc(-n2c3ccccc3c3ccccc32)nc(-n2c3ccccc3c3c4c5ccccc5n(-c5nc(-n6c7ccccc7c7ccccc76)nc(-n6c7ccccc7c7ccccc76)n5)c4ccc32)n1. The van der Waals surface area contributed by atoms with Gasteiger partial charge in [-0.3, -0.25) is 27.4 Å². The van der Waals surface area contributed by atoms with Crippen molar-refractivity contribution in [3.8, 4) is 35.7 Å². The van der Waals surface area contributed by atoms with E-state index in [1.165, 1.54) is 0 Å². The van der Waals surface area contributed by atoms with Crippen LogP contribution in [0.1, 0.15) is 0 Å². The van der Waals surface area contributed by atoms with Gasteiger partial charge in [-0.2, -0.15) is 29.9 Å². The third-order valence-corrected chi connectivity index (χ3v) is 17.2. The first kappa shape index (κ1) is 45.0. The standard InChI is InChI=1S/C72H42N12/c1-11-31-53-43(21-1)44-22-2-12-32-54(44)79(53)67-73-68(80-55-33-13-3-23-45(55)46-24-4-14-34-56(46)80)76-71(75-67)83-61-39-19-9-29-51(61)65-63(83)41-42-64-66(65)52-30-10-20-40-62(52)84(64)72-77-69(81-57-35-15-5-25-47(57)48-26-6-16-36-58(48)81)74-70(78-72)82-59-37-17-7-27-49(59)50-28-8-18-38-60(50)82/h1-42H. The van der Waals surface area contributed by atoms with Gasteiger partial charge in [0, 0.05) is 64.6 Å². The molecule has 11 aromatic carbocycles. The van der Waals surface area contributed by atoms with Crippen molar-refractivity contribution in [2.75, 3.05) is 0 Å². The maximum Gasteiger partial charge on any atom is 0.241 e. The van der Waals surface area contributed by atoms with Gasteiger partial charge in [-0.05, 0) is 72.8 Å². The van der Waals surface area contributed by atoms with Gasteiger partial charge in [-0.15, -0.1) is 0 Å². The van der Waals surface area contributed by atoms with E-state index in [-0.39, 0.29) is 0 Å². The fourth-order valence-electron chi connectivity index (χ4n) is 13.8. The lowest BCUT2D eigenvalue weighted by Crippen LogP contribution is -2.13. The summed E-state index contributed by atoms with van der Waals surface area (Å²) in [4.78, 5) is 33.4. The summed E-state index contributed by atoms with van der Waals surface area (Å²) in [6.07, 6.45) is 0. The minimum atomic E-state index is 0.483. The number of hydrogen-bond donors (Lipinski definition) is 0. The molecule has 0 spiro atoms. The summed E-state index contributed by atoms with van der Waals surface area (Å²) < 4.78 is 13.2. The van der Waals surface area contributed by atoms with Crippen LogP contribution in [0.4, 0.5) is 0 Å². The number of nitrogens with zero attached hydrogens (tertiary/aromatic N) is 12. The Hall–Kier alpha value is -11.8. The maximum absolute atomic E-state index is 5.59. The van der Waals surface area contributed by atoms with E-state index in [0.717, 1.165) is 131 Å². The van der Waals surface area contributed by atoms with Crippen LogP contribution in [0.3, 0.4) is 0 Å². The van der Waals surface area contributed by atoms with Crippen LogP contribution < -0.4 is 0 Å². The zero-order chi connectivity index (χ0) is 54.7. The largest absolute Gasteiger partial charge is 0.278 e. The van der Waals surface area contributed by atoms with Crippen LogP contribution in [0.2, 0.25) is 0 Å². The van der Waals surface area contributed by atoms with Gasteiger partial charge in [0.05, 0.1) is 66.2 Å². The van der Waals surface area contributed by atoms with Crippen LogP contribution in [0.15, 0.2) is 255 Å². The molecule has 0 fully saturated rings. The number of hydrogen-bond acceptors (Lipinski definition) is 6. The first-order chi connectivity index (χ1) is 41.7. The third kappa shape index (κ3) is 6.09. The summed E-state index contributed by atoms with van der Waals surface area (Å²) in [6.45, 7) is 0. The number of benzene rings is 11. The predicted molar refractivity (Wildman–Crippen MR) is 339 cm³/mol. The maximum atomic E-state index is 5.59. The van der Waals surface area contributed by atoms with Crippen molar-refractivity contribution in [2.24, 2.45) is 0 Å². The summed E-state index contributed by atoms with van der Waals surface area (Å²) in [6, 6.07) is 89.6. The second-order valence-corrected chi connectivity index (χ2v) is 21.5. The summed E-state index contributed by atoms with van der Waals surface area (Å²) in [5, 5.41) is 13.1. The molecule has 0 aliphatic rings. The highest BCUT2D eigenvalue weighted by Gasteiger charge is 2.27. The number of fused-ring (bicyclic) bond motifs is 19. The van der Waals surface area contributed by atoms with Crippen molar-refractivity contribution in [2.45, 2.75) is 0 Å². The van der Waals surface area contributed by atoms with Gasteiger partial charge >= 0.3 is 0 Å². The van der Waals surface area contributed by atoms with Gasteiger partial charge in [-0.25, -0.2) is 0 Å². The third-order valence-electron chi connectivity index (χ3n) is 17.2. The van der Waals surface area contributed by atoms with Gasteiger partial charge in [0.2, 0.25) is 35.7 Å². The van der Waals surface area contributed by atoms with E-state index in [1.807, 2.05) is 0 Å². The Kier molecular flexibility index (Phi) is 9.05. The minimum Gasteiger partial charge on any atom is -0.278 e. The van der Waals surface area contributed by atoms with Gasteiger partial charge < -0.3 is 0 Å². The molecular weight excluding hydrogens is 1030 g/mol. The summed E-state index contributed by atoms with van der Waals surface area (Å²) >= 11 is 0. The van der Waals surface area contributed by atoms with Crippen LogP contribution in [-0.4, -0.2) is 57.3 Å². The molecule has 0 unspecified atom stereocenters. The van der Waals surface area contributed by atoms with Crippen molar-refractivity contribution in [1.29, 1.82) is 0 Å². The minimum absolute atomic E-state index is 0.483. The molecule has 19 rings (SSSR count). The van der Waals surface area contributed by atoms with Gasteiger partial charge in [0.25, 0.3) is 0 Å². The van der Waals surface area contributed by atoms with E-state index in [1.54, 1.807) is 0 Å². The van der Waals surface area contributed by atoms with Crippen LogP contribution >= 0.6 is 0 Å². The average molecular weight is 1080 g/mol. The van der Waals surface area contributed by atoms with E-state index >= 15 is 0 Å². The quantitative estimate of drug-likeness (QED) is 0.164. The lowest BCUT2D eigenvalue weighted by atomic mass is 10.1. The normalized spacial score (nSPS) is 12.3. The smallest absolute Gasteiger partial charge is 0.241 e. The average Bonchev–Trinajstić information content (AvgIpc) is 2.94. The van der Waals surface area contributed by atoms with E-state index in [2.05, 4.69) is 282 Å². The first-order valence-electron chi connectivity index (χ1n) is 28.1. The van der Waals surface area contributed by atoms with Crippen LogP contribution in [0.25, 0.3) is 167 Å². The molecule has 12 heteroatoms. The highest BCUT2D eigenvalue weighted by Crippen LogP contribution is 2.43. The molecule has 0 saturated carbocycles. The number of aromatic nitrogens is 12. The van der Waals surface area contributed by atoms with Crippen molar-refractivity contribution < 1.29 is 0 Å². The molecule has 8 heterocycles. The fourth-order valence-corrected chi connectivity index (χ4v) is 13.8. The molecule has 0 aliphatic carbocycles. The molecule has 0 aliphatic heterocycles. The molecule has 84 heavy (non-hydrogen) atoms. The molecule has 8 aromatic heterocycles. The van der Waals surface area contributed by atoms with Gasteiger partial charge in [-0.1, -0.05) is 182 Å². The van der Waals surface area contributed by atoms with Gasteiger partial charge in [0.1, 0.15) is 0 Å². The zero-order valence-electron chi connectivity index (χ0n) is 44.6. The second-order valence-electron chi connectivity index (χ2n) is 21.5. The summed E-state index contributed by atoms with van der Waals surface area (Å²) in [5.41, 5.74) is 11.8. The highest BCUT2D eigenvalue weighted by molar-refractivity contribution is 6.29. The fraction of sp³-hybridized carbons (Fsp3) is 0. The van der Waals surface area contributed by atoms with E-state index in [4.69, 9.17) is 29.9 Å². The lowest BCUT2D eigenvalue weighted by Gasteiger charge is -2.14. The molecule has 0 atom stereocenters. The van der Waals surface area contributed by atoms with Gasteiger partial charge in [0.15, 0.2) is 0 Å². The van der Waals surface area contributed by atoms with Crippen LogP contribution in [0.5, 0.6) is 0 Å². The predicted octanol–water partition coefficient (Wildman–Crippen LogP) is 16.6. The van der Waals surface area contributed by atoms with Crippen LogP contribution in [0, 0.1) is 0 Å². The lowest BCUT2D eigenvalue weighted by molar-refractivity contribution is 0.846.